The van der Waals surface area contributed by atoms with Gasteiger partial charge in [-0.25, -0.2) is 9.50 Å². The highest BCUT2D eigenvalue weighted by Gasteiger charge is 2.13. The summed E-state index contributed by atoms with van der Waals surface area (Å²) in [5.74, 6) is 0.325. The fourth-order valence-electron chi connectivity index (χ4n) is 1.34. The minimum Gasteiger partial charge on any atom is -0.292 e. The van der Waals surface area contributed by atoms with Crippen LogP contribution >= 0.6 is 15.9 Å². The summed E-state index contributed by atoms with van der Waals surface area (Å²) in [6.07, 6.45) is 1.51. The van der Waals surface area contributed by atoms with Gasteiger partial charge in [0, 0.05) is 12.3 Å². The second-order valence-electron chi connectivity index (χ2n) is 3.44. The molecule has 0 spiro atoms. The highest BCUT2D eigenvalue weighted by Crippen LogP contribution is 2.25. The minimum absolute atomic E-state index is 0.0948. The molecule has 0 fully saturated rings. The van der Waals surface area contributed by atoms with E-state index in [1.165, 1.54) is 16.8 Å². The molecule has 0 unspecified atom stereocenters. The number of fused-ring (bicyclic) bond motifs is 1. The van der Waals surface area contributed by atoms with E-state index in [1.54, 1.807) is 0 Å². The molecular formula is C9H10BrN3O. The normalized spacial score (nSPS) is 11.4. The Morgan fingerprint density at radius 1 is 1.57 bits per heavy atom. The molecule has 5 heteroatoms. The van der Waals surface area contributed by atoms with Crippen LogP contribution in [0.1, 0.15) is 25.5 Å². The molecule has 0 aliphatic heterocycles. The van der Waals surface area contributed by atoms with Crippen molar-refractivity contribution in [3.63, 3.8) is 0 Å². The lowest BCUT2D eigenvalue weighted by Crippen LogP contribution is -2.12. The van der Waals surface area contributed by atoms with Gasteiger partial charge in [0.1, 0.15) is 0 Å². The van der Waals surface area contributed by atoms with Gasteiger partial charge in [0.05, 0.1) is 10.2 Å². The Kier molecular flexibility index (Phi) is 2.19. The fourth-order valence-corrected chi connectivity index (χ4v) is 2.17. The molecule has 0 bridgehead atoms. The first-order valence-corrected chi connectivity index (χ1v) is 5.15. The van der Waals surface area contributed by atoms with E-state index in [2.05, 4.69) is 39.9 Å². The number of halogens is 1. The summed E-state index contributed by atoms with van der Waals surface area (Å²) in [7, 11) is 0. The third-order valence-electron chi connectivity index (χ3n) is 2.09. The van der Waals surface area contributed by atoms with E-state index in [4.69, 9.17) is 0 Å². The van der Waals surface area contributed by atoms with E-state index in [9.17, 15) is 4.79 Å². The zero-order valence-corrected chi connectivity index (χ0v) is 9.50. The van der Waals surface area contributed by atoms with Gasteiger partial charge in [-0.3, -0.25) is 9.89 Å². The highest BCUT2D eigenvalue weighted by atomic mass is 79.9. The predicted molar refractivity (Wildman–Crippen MR) is 57.6 cm³/mol. The van der Waals surface area contributed by atoms with Crippen LogP contribution in [0.5, 0.6) is 0 Å². The third kappa shape index (κ3) is 1.28. The zero-order chi connectivity index (χ0) is 10.3. The van der Waals surface area contributed by atoms with Crippen LogP contribution in [0, 0.1) is 0 Å². The van der Waals surface area contributed by atoms with Crippen molar-refractivity contribution in [1.29, 1.82) is 0 Å². The Hall–Kier alpha value is -1.10. The highest BCUT2D eigenvalue weighted by molar-refractivity contribution is 9.10. The number of H-pyrrole nitrogens is 1. The average molecular weight is 256 g/mol. The summed E-state index contributed by atoms with van der Waals surface area (Å²) in [5.41, 5.74) is 1.53. The van der Waals surface area contributed by atoms with E-state index in [-0.39, 0.29) is 5.56 Å². The van der Waals surface area contributed by atoms with Gasteiger partial charge >= 0.3 is 0 Å². The monoisotopic (exact) mass is 255 g/mol. The number of aromatic nitrogens is 3. The summed E-state index contributed by atoms with van der Waals surface area (Å²) in [6, 6.07) is 1.43. The Morgan fingerprint density at radius 3 is 2.86 bits per heavy atom. The van der Waals surface area contributed by atoms with Gasteiger partial charge in [-0.1, -0.05) is 13.8 Å². The number of nitrogens with zero attached hydrogens (tertiary/aromatic N) is 2. The molecule has 74 valence electrons. The third-order valence-corrected chi connectivity index (χ3v) is 2.87. The Labute approximate surface area is 89.1 Å². The van der Waals surface area contributed by atoms with Crippen LogP contribution in [-0.2, 0) is 0 Å². The number of rotatable bonds is 1. The quantitative estimate of drug-likeness (QED) is 0.847. The van der Waals surface area contributed by atoms with Gasteiger partial charge in [0.15, 0.2) is 5.65 Å². The number of hydrogen-bond donors (Lipinski definition) is 1. The molecule has 0 saturated carbocycles. The van der Waals surface area contributed by atoms with Gasteiger partial charge in [-0.15, -0.1) is 0 Å². The van der Waals surface area contributed by atoms with Gasteiger partial charge in [-0.2, -0.15) is 0 Å². The number of aromatic amines is 1. The fraction of sp³-hybridized carbons (Fsp3) is 0.333. The van der Waals surface area contributed by atoms with Crippen LogP contribution in [0.15, 0.2) is 21.5 Å². The minimum atomic E-state index is -0.0948. The standard InChI is InChI=1S/C9H10BrN3O/c1-5(2)8-7(10)9-11-4-3-6(14)13(9)12-8/h3-5,12H,1-2H3. The summed E-state index contributed by atoms with van der Waals surface area (Å²) in [6.45, 7) is 4.11. The first-order valence-electron chi connectivity index (χ1n) is 4.36. The Bertz CT molecular complexity index is 526. The molecule has 0 aliphatic carbocycles. The van der Waals surface area contributed by atoms with E-state index in [0.717, 1.165) is 10.2 Å². The maximum atomic E-state index is 11.4. The van der Waals surface area contributed by atoms with Gasteiger partial charge < -0.3 is 0 Å². The van der Waals surface area contributed by atoms with Crippen molar-refractivity contribution in [2.24, 2.45) is 0 Å². The van der Waals surface area contributed by atoms with Crippen LogP contribution in [-0.4, -0.2) is 14.6 Å². The van der Waals surface area contributed by atoms with Crippen molar-refractivity contribution >= 4 is 21.6 Å². The maximum absolute atomic E-state index is 11.4. The second kappa shape index (κ2) is 3.24. The lowest BCUT2D eigenvalue weighted by molar-refractivity contribution is 0.774. The first kappa shape index (κ1) is 9.45. The van der Waals surface area contributed by atoms with E-state index >= 15 is 0 Å². The molecule has 0 aliphatic rings. The number of nitrogens with one attached hydrogen (secondary N) is 1. The molecule has 1 N–H and O–H groups in total. The smallest absolute Gasteiger partial charge is 0.272 e. The van der Waals surface area contributed by atoms with Crippen molar-refractivity contribution in [3.05, 3.63) is 32.8 Å². The van der Waals surface area contributed by atoms with Crippen LogP contribution in [0.2, 0.25) is 0 Å². The summed E-state index contributed by atoms with van der Waals surface area (Å²) in [4.78, 5) is 15.6. The molecule has 14 heavy (non-hydrogen) atoms. The number of hydrogen-bond acceptors (Lipinski definition) is 2. The summed E-state index contributed by atoms with van der Waals surface area (Å²) >= 11 is 3.43. The van der Waals surface area contributed by atoms with Crippen molar-refractivity contribution in [3.8, 4) is 0 Å². The lowest BCUT2D eigenvalue weighted by atomic mass is 10.1. The molecule has 2 rings (SSSR count). The molecule has 2 heterocycles. The molecule has 0 amide bonds. The molecule has 0 radical (unpaired) electrons. The van der Waals surface area contributed by atoms with Gasteiger partial charge in [0.2, 0.25) is 0 Å². The Balaban J connectivity index is 2.86. The predicted octanol–water partition coefficient (Wildman–Crippen LogP) is 1.91. The first-order chi connectivity index (χ1) is 6.61. The van der Waals surface area contributed by atoms with Crippen molar-refractivity contribution in [2.45, 2.75) is 19.8 Å². The Morgan fingerprint density at radius 2 is 2.29 bits per heavy atom. The van der Waals surface area contributed by atoms with Crippen LogP contribution < -0.4 is 5.56 Å². The molecule has 0 atom stereocenters. The molecule has 2 aromatic heterocycles. The molecule has 2 aromatic rings. The molecule has 0 aromatic carbocycles. The van der Waals surface area contributed by atoms with Gasteiger partial charge in [-0.05, 0) is 21.8 Å². The lowest BCUT2D eigenvalue weighted by Gasteiger charge is -1.99. The maximum Gasteiger partial charge on any atom is 0.272 e. The van der Waals surface area contributed by atoms with E-state index < -0.39 is 0 Å². The van der Waals surface area contributed by atoms with Gasteiger partial charge in [0.25, 0.3) is 5.56 Å². The largest absolute Gasteiger partial charge is 0.292 e. The van der Waals surface area contributed by atoms with Crippen molar-refractivity contribution in [2.75, 3.05) is 0 Å². The van der Waals surface area contributed by atoms with Crippen molar-refractivity contribution < 1.29 is 0 Å². The van der Waals surface area contributed by atoms with E-state index in [1.807, 2.05) is 0 Å². The summed E-state index contributed by atoms with van der Waals surface area (Å²) in [5, 5.41) is 3.03. The summed E-state index contributed by atoms with van der Waals surface area (Å²) < 4.78 is 2.31. The zero-order valence-electron chi connectivity index (χ0n) is 7.91. The molecule has 4 nitrogen and oxygen atoms in total. The van der Waals surface area contributed by atoms with Crippen LogP contribution in [0.3, 0.4) is 0 Å². The SMILES string of the molecule is CC(C)c1[nH]n2c(=O)ccnc2c1Br. The van der Waals surface area contributed by atoms with E-state index in [0.29, 0.717) is 11.6 Å². The van der Waals surface area contributed by atoms with Crippen LogP contribution in [0.4, 0.5) is 0 Å². The molecule has 0 saturated heterocycles. The van der Waals surface area contributed by atoms with Crippen LogP contribution in [0.25, 0.3) is 5.65 Å². The molecular weight excluding hydrogens is 246 g/mol. The average Bonchev–Trinajstić information content (AvgIpc) is 2.46. The topological polar surface area (TPSA) is 50.2 Å². The second-order valence-corrected chi connectivity index (χ2v) is 4.23. The van der Waals surface area contributed by atoms with Crippen molar-refractivity contribution in [1.82, 2.24) is 14.6 Å².